The van der Waals surface area contributed by atoms with Crippen LogP contribution >= 0.6 is 12.2 Å². The van der Waals surface area contributed by atoms with Gasteiger partial charge in [-0.2, -0.15) is 0 Å². The number of nitrogens with one attached hydrogen (secondary N) is 1. The molecular weight excluding hydrogens is 486 g/mol. The Morgan fingerprint density at radius 1 is 1.14 bits per heavy atom. The summed E-state index contributed by atoms with van der Waals surface area (Å²) in [7, 11) is 1.41. The summed E-state index contributed by atoms with van der Waals surface area (Å²) in [6.07, 6.45) is 2.05. The van der Waals surface area contributed by atoms with Gasteiger partial charge in [-0.3, -0.25) is 9.78 Å². The van der Waals surface area contributed by atoms with Crippen molar-refractivity contribution in [2.75, 3.05) is 44.9 Å². The number of thiocarbonyl (C=S) groups is 1. The van der Waals surface area contributed by atoms with Gasteiger partial charge in [0, 0.05) is 48.6 Å². The third kappa shape index (κ3) is 5.06. The third-order valence-electron chi connectivity index (χ3n) is 7.26. The number of esters is 1. The zero-order valence-electron chi connectivity index (χ0n) is 21.5. The molecule has 1 N–H and O–H groups in total. The van der Waals surface area contributed by atoms with Gasteiger partial charge in [0.1, 0.15) is 0 Å². The highest BCUT2D eigenvalue weighted by molar-refractivity contribution is 7.80. The predicted octanol–water partition coefficient (Wildman–Crippen LogP) is 3.86. The van der Waals surface area contributed by atoms with Crippen LogP contribution in [0.4, 0.5) is 5.69 Å². The fraction of sp³-hybridized carbons (Fsp3) is 0.393. The second-order valence-electron chi connectivity index (χ2n) is 9.42. The van der Waals surface area contributed by atoms with Crippen molar-refractivity contribution in [3.63, 3.8) is 0 Å². The van der Waals surface area contributed by atoms with Gasteiger partial charge in [-0.1, -0.05) is 6.07 Å². The first-order valence-corrected chi connectivity index (χ1v) is 13.1. The largest absolute Gasteiger partial charge is 0.469 e. The molecule has 37 heavy (non-hydrogen) atoms. The van der Waals surface area contributed by atoms with Crippen molar-refractivity contribution in [3.05, 3.63) is 77.4 Å². The molecule has 0 radical (unpaired) electrons. The SMILES string of the molecule is COC(=O)CCN1C(=S)NC(c2ccccn2)C1c1cc(C)n(-c2ccc(N3CCOCC3)cc2)c1C. The number of hydrogen-bond donors (Lipinski definition) is 1. The number of rotatable bonds is 7. The first kappa shape index (κ1) is 25.2. The van der Waals surface area contributed by atoms with E-state index >= 15 is 0 Å². The molecule has 2 unspecified atom stereocenters. The second-order valence-corrected chi connectivity index (χ2v) is 9.81. The molecule has 0 amide bonds. The molecule has 194 valence electrons. The van der Waals surface area contributed by atoms with Crippen molar-refractivity contribution in [1.82, 2.24) is 19.8 Å². The summed E-state index contributed by atoms with van der Waals surface area (Å²) in [5, 5.41) is 4.08. The molecule has 8 nitrogen and oxygen atoms in total. The van der Waals surface area contributed by atoms with Crippen LogP contribution in [0.25, 0.3) is 5.69 Å². The van der Waals surface area contributed by atoms with E-state index in [4.69, 9.17) is 21.7 Å². The van der Waals surface area contributed by atoms with Gasteiger partial charge in [-0.25, -0.2) is 0 Å². The Balaban J connectivity index is 1.50. The summed E-state index contributed by atoms with van der Waals surface area (Å²) >= 11 is 5.75. The van der Waals surface area contributed by atoms with E-state index in [1.165, 1.54) is 12.8 Å². The number of carbonyl (C=O) groups is 1. The molecule has 1 aromatic carbocycles. The van der Waals surface area contributed by atoms with Crippen LogP contribution in [0.3, 0.4) is 0 Å². The minimum absolute atomic E-state index is 0.111. The number of nitrogens with zero attached hydrogens (tertiary/aromatic N) is 4. The summed E-state index contributed by atoms with van der Waals surface area (Å²) in [5.41, 5.74) is 6.67. The van der Waals surface area contributed by atoms with Crippen molar-refractivity contribution < 1.29 is 14.3 Å². The van der Waals surface area contributed by atoms with E-state index in [1.54, 1.807) is 6.20 Å². The van der Waals surface area contributed by atoms with Crippen LogP contribution in [0, 0.1) is 13.8 Å². The monoisotopic (exact) mass is 519 g/mol. The number of carbonyl (C=O) groups excluding carboxylic acids is 1. The maximum absolute atomic E-state index is 12.0. The molecule has 0 bridgehead atoms. The van der Waals surface area contributed by atoms with E-state index in [1.807, 2.05) is 18.2 Å². The fourth-order valence-electron chi connectivity index (χ4n) is 5.42. The van der Waals surface area contributed by atoms with E-state index in [0.29, 0.717) is 11.7 Å². The summed E-state index contributed by atoms with van der Waals surface area (Å²) in [6, 6.07) is 16.6. The molecular formula is C28H33N5O3S. The molecule has 4 heterocycles. The van der Waals surface area contributed by atoms with Gasteiger partial charge >= 0.3 is 5.97 Å². The lowest BCUT2D eigenvalue weighted by Crippen LogP contribution is -2.36. The standard InChI is InChI=1S/C28H33N5O3S/c1-19-18-23(20(2)33(19)22-9-7-21(8-10-22)31-14-16-36-17-15-31)27-26(24-6-4-5-12-29-24)30-28(37)32(27)13-11-25(34)35-3/h4-10,12,18,26-27H,11,13-17H2,1-3H3,(H,30,37). The maximum atomic E-state index is 12.0. The Kier molecular flexibility index (Phi) is 7.43. The van der Waals surface area contributed by atoms with Crippen LogP contribution < -0.4 is 10.2 Å². The lowest BCUT2D eigenvalue weighted by Gasteiger charge is -2.29. The molecule has 2 aliphatic heterocycles. The van der Waals surface area contributed by atoms with Crippen LogP contribution in [0.1, 0.15) is 41.1 Å². The molecule has 0 saturated carbocycles. The minimum Gasteiger partial charge on any atom is -0.469 e. The van der Waals surface area contributed by atoms with Crippen molar-refractivity contribution >= 4 is 29.0 Å². The van der Waals surface area contributed by atoms with Crippen LogP contribution in [-0.4, -0.2) is 65.5 Å². The van der Waals surface area contributed by atoms with Crippen LogP contribution in [0.15, 0.2) is 54.7 Å². The van der Waals surface area contributed by atoms with E-state index < -0.39 is 0 Å². The van der Waals surface area contributed by atoms with Gasteiger partial charge in [0.25, 0.3) is 0 Å². The summed E-state index contributed by atoms with van der Waals surface area (Å²) in [6.45, 7) is 8.09. The van der Waals surface area contributed by atoms with E-state index in [2.05, 4.69) is 68.8 Å². The number of anilines is 1. The van der Waals surface area contributed by atoms with Crippen molar-refractivity contribution in [3.8, 4) is 5.69 Å². The van der Waals surface area contributed by atoms with Gasteiger partial charge in [0.2, 0.25) is 0 Å². The topological polar surface area (TPSA) is 71.9 Å². The van der Waals surface area contributed by atoms with E-state index in [-0.39, 0.29) is 24.5 Å². The number of aryl methyl sites for hydroxylation is 1. The van der Waals surface area contributed by atoms with Gasteiger partial charge in [-0.05, 0) is 74.1 Å². The lowest BCUT2D eigenvalue weighted by atomic mass is 9.96. The Labute approximate surface area is 223 Å². The smallest absolute Gasteiger partial charge is 0.307 e. The Hall–Kier alpha value is -3.43. The molecule has 3 aromatic rings. The highest BCUT2D eigenvalue weighted by Gasteiger charge is 2.41. The molecule has 2 atom stereocenters. The normalized spacial score (nSPS) is 19.7. The number of benzene rings is 1. The van der Waals surface area contributed by atoms with Gasteiger partial charge < -0.3 is 29.2 Å². The third-order valence-corrected chi connectivity index (χ3v) is 7.61. The fourth-order valence-corrected chi connectivity index (χ4v) is 5.75. The second kappa shape index (κ2) is 10.9. The van der Waals surface area contributed by atoms with E-state index in [9.17, 15) is 4.79 Å². The van der Waals surface area contributed by atoms with Crippen LogP contribution in [0.5, 0.6) is 0 Å². The van der Waals surface area contributed by atoms with Crippen molar-refractivity contribution in [1.29, 1.82) is 0 Å². The average Bonchev–Trinajstić information content (AvgIpc) is 3.42. The van der Waals surface area contributed by atoms with Crippen LogP contribution in [0.2, 0.25) is 0 Å². The molecule has 2 aliphatic rings. The lowest BCUT2D eigenvalue weighted by molar-refractivity contribution is -0.140. The zero-order valence-corrected chi connectivity index (χ0v) is 22.3. The zero-order chi connectivity index (χ0) is 25.9. The number of pyridine rings is 1. The Morgan fingerprint density at radius 3 is 2.54 bits per heavy atom. The first-order valence-electron chi connectivity index (χ1n) is 12.6. The van der Waals surface area contributed by atoms with Gasteiger partial charge in [0.15, 0.2) is 5.11 Å². The molecule has 2 fully saturated rings. The highest BCUT2D eigenvalue weighted by Crippen LogP contribution is 2.41. The number of ether oxygens (including phenoxy) is 2. The molecule has 0 spiro atoms. The Bertz CT molecular complexity index is 1250. The number of methoxy groups -OCH3 is 1. The molecule has 9 heteroatoms. The predicted molar refractivity (Wildman–Crippen MR) is 147 cm³/mol. The maximum Gasteiger partial charge on any atom is 0.307 e. The molecule has 2 aromatic heterocycles. The summed E-state index contributed by atoms with van der Waals surface area (Å²) in [5.74, 6) is -0.256. The Morgan fingerprint density at radius 2 is 1.86 bits per heavy atom. The van der Waals surface area contributed by atoms with E-state index in [0.717, 1.165) is 54.6 Å². The highest BCUT2D eigenvalue weighted by atomic mass is 32.1. The summed E-state index contributed by atoms with van der Waals surface area (Å²) < 4.78 is 12.7. The molecule has 5 rings (SSSR count). The number of morpholine rings is 1. The number of aromatic nitrogens is 2. The van der Waals surface area contributed by atoms with Gasteiger partial charge in [0.05, 0.1) is 44.5 Å². The average molecular weight is 520 g/mol. The van der Waals surface area contributed by atoms with Crippen LogP contribution in [-0.2, 0) is 14.3 Å². The molecule has 0 aliphatic carbocycles. The summed E-state index contributed by atoms with van der Waals surface area (Å²) in [4.78, 5) is 21.1. The molecule has 2 saturated heterocycles. The number of hydrogen-bond acceptors (Lipinski definition) is 6. The van der Waals surface area contributed by atoms with Crippen molar-refractivity contribution in [2.24, 2.45) is 0 Å². The van der Waals surface area contributed by atoms with Gasteiger partial charge in [-0.15, -0.1) is 0 Å². The first-order chi connectivity index (χ1) is 18.0. The minimum atomic E-state index is -0.256. The quantitative estimate of drug-likeness (QED) is 0.373. The van der Waals surface area contributed by atoms with Crippen molar-refractivity contribution in [2.45, 2.75) is 32.4 Å².